The zero-order valence-electron chi connectivity index (χ0n) is 31.7. The molecule has 0 unspecified atom stereocenters. The molecule has 1 aliphatic heterocycles. The summed E-state index contributed by atoms with van der Waals surface area (Å²) in [6, 6.07) is 14.3. The van der Waals surface area contributed by atoms with Gasteiger partial charge in [0.05, 0.1) is 31.5 Å². The molecule has 1 saturated carbocycles. The Kier molecular flexibility index (Phi) is 14.0. The van der Waals surface area contributed by atoms with Crippen molar-refractivity contribution in [2.24, 2.45) is 22.9 Å². The number of hydrogen-bond acceptors (Lipinski definition) is 10. The van der Waals surface area contributed by atoms with E-state index < -0.39 is 29.4 Å². The highest BCUT2D eigenvalue weighted by Crippen LogP contribution is 2.61. The molecular weight excluding hydrogens is 676 g/mol. The molecule has 290 valence electrons. The molecule has 53 heavy (non-hydrogen) atoms. The smallest absolute Gasteiger partial charge is 0.410 e. The number of amides is 1. The van der Waals surface area contributed by atoms with E-state index in [1.807, 2.05) is 51.1 Å². The Morgan fingerprint density at radius 2 is 1.79 bits per heavy atom. The minimum atomic E-state index is -1.39. The van der Waals surface area contributed by atoms with Gasteiger partial charge in [0.1, 0.15) is 29.7 Å². The number of phenolic OH excluding ortho intramolecular Hbond substituents is 1. The van der Waals surface area contributed by atoms with Gasteiger partial charge in [0, 0.05) is 38.2 Å². The number of carbonyl (C=O) groups is 1. The molecule has 11 nitrogen and oxygen atoms in total. The van der Waals surface area contributed by atoms with Crippen LogP contribution >= 0.6 is 0 Å². The molecule has 0 spiro atoms. The molecule has 5 rings (SSSR count). The van der Waals surface area contributed by atoms with Crippen LogP contribution in [0.15, 0.2) is 78.0 Å². The van der Waals surface area contributed by atoms with Crippen LogP contribution in [0.25, 0.3) is 0 Å². The van der Waals surface area contributed by atoms with E-state index in [0.717, 1.165) is 42.4 Å². The average molecular weight is 735 g/mol. The topological polar surface area (TPSA) is 140 Å². The Balaban J connectivity index is 1.58. The van der Waals surface area contributed by atoms with Crippen molar-refractivity contribution >= 4 is 11.8 Å². The van der Waals surface area contributed by atoms with Crippen molar-refractivity contribution < 1.29 is 43.9 Å². The van der Waals surface area contributed by atoms with E-state index in [1.165, 1.54) is 0 Å². The van der Waals surface area contributed by atoms with Gasteiger partial charge in [-0.05, 0) is 87.6 Å². The van der Waals surface area contributed by atoms with Gasteiger partial charge in [-0.25, -0.2) is 4.79 Å². The molecule has 3 aliphatic rings. The maximum absolute atomic E-state index is 13.9. The molecule has 0 saturated heterocycles. The van der Waals surface area contributed by atoms with E-state index in [-0.39, 0.29) is 63.0 Å². The van der Waals surface area contributed by atoms with Crippen LogP contribution in [0.5, 0.6) is 11.5 Å². The molecule has 1 amide bonds. The summed E-state index contributed by atoms with van der Waals surface area (Å²) in [5.74, 6) is -1.21. The first-order valence-electron chi connectivity index (χ1n) is 19.0. The average Bonchev–Trinajstić information content (AvgIpc) is 3.14. The molecule has 2 aromatic rings. The third kappa shape index (κ3) is 9.62. The maximum atomic E-state index is 13.9. The molecule has 2 aliphatic carbocycles. The maximum Gasteiger partial charge on any atom is 0.410 e. The van der Waals surface area contributed by atoms with Crippen LogP contribution in [0.1, 0.15) is 82.8 Å². The second-order valence-corrected chi connectivity index (χ2v) is 15.3. The number of unbranched alkanes of at least 4 members (excludes halogenated alkanes) is 2. The van der Waals surface area contributed by atoms with E-state index >= 15 is 0 Å². The molecular formula is C42H58N2O9. The Hall–Kier alpha value is -3.90. The van der Waals surface area contributed by atoms with Gasteiger partial charge in [0.25, 0.3) is 0 Å². The predicted octanol–water partition coefficient (Wildman–Crippen LogP) is 7.11. The summed E-state index contributed by atoms with van der Waals surface area (Å²) in [6.07, 6.45) is 8.27. The summed E-state index contributed by atoms with van der Waals surface area (Å²) in [4.78, 5) is 21.6. The molecule has 0 aromatic heterocycles. The first kappa shape index (κ1) is 40.3. The van der Waals surface area contributed by atoms with Crippen LogP contribution in [-0.4, -0.2) is 89.5 Å². The SMILES string of the molecule is C=CCO[C@@]12Oc3ccc(O)cc3[C@H]3[C@H](CCCCO)[C@@H](CCCCO)C=C(C(=NOC(C)(C)C)C[C@@H]1N(C)C(=O)OCCOCc1ccccc1)[C@H]32. The fourth-order valence-electron chi connectivity index (χ4n) is 8.11. The highest BCUT2D eigenvalue weighted by molar-refractivity contribution is 6.02. The number of phenols is 1. The first-order chi connectivity index (χ1) is 25.5. The summed E-state index contributed by atoms with van der Waals surface area (Å²) in [6.45, 7) is 10.8. The van der Waals surface area contributed by atoms with Crippen molar-refractivity contribution in [3.8, 4) is 11.5 Å². The largest absolute Gasteiger partial charge is 0.508 e. The number of oxime groups is 1. The van der Waals surface area contributed by atoms with E-state index in [9.17, 15) is 20.1 Å². The quantitative estimate of drug-likeness (QED) is 0.0831. The molecule has 1 heterocycles. The van der Waals surface area contributed by atoms with Gasteiger partial charge in [0.15, 0.2) is 0 Å². The van der Waals surface area contributed by atoms with Crippen molar-refractivity contribution in [1.29, 1.82) is 0 Å². The van der Waals surface area contributed by atoms with Gasteiger partial charge in [-0.3, -0.25) is 0 Å². The van der Waals surface area contributed by atoms with Crippen molar-refractivity contribution in [2.75, 3.05) is 40.1 Å². The highest BCUT2D eigenvalue weighted by atomic mass is 16.7. The second-order valence-electron chi connectivity index (χ2n) is 15.3. The highest BCUT2D eigenvalue weighted by Gasteiger charge is 2.65. The lowest BCUT2D eigenvalue weighted by Gasteiger charge is -2.59. The van der Waals surface area contributed by atoms with Gasteiger partial charge in [-0.15, -0.1) is 6.58 Å². The van der Waals surface area contributed by atoms with Gasteiger partial charge in [-0.1, -0.05) is 60.5 Å². The first-order valence-corrected chi connectivity index (χ1v) is 19.0. The summed E-state index contributed by atoms with van der Waals surface area (Å²) in [5.41, 5.74) is 2.93. The minimum absolute atomic E-state index is 0.0555. The molecule has 11 heteroatoms. The second kappa shape index (κ2) is 18.4. The van der Waals surface area contributed by atoms with Gasteiger partial charge < -0.3 is 44.0 Å². The van der Waals surface area contributed by atoms with Crippen LogP contribution in [0.4, 0.5) is 4.79 Å². The number of aromatic hydroxyl groups is 1. The molecule has 1 fully saturated rings. The third-order valence-electron chi connectivity index (χ3n) is 10.4. The van der Waals surface area contributed by atoms with Crippen molar-refractivity contribution in [3.05, 3.63) is 84.0 Å². The molecule has 0 radical (unpaired) electrons. The van der Waals surface area contributed by atoms with Crippen LogP contribution in [0.3, 0.4) is 0 Å². The Morgan fingerprint density at radius 1 is 1.06 bits per heavy atom. The number of hydrogen-bond donors (Lipinski definition) is 3. The molecule has 2 aromatic carbocycles. The number of likely N-dealkylation sites (N-methyl/N-ethyl adjacent to an activating group) is 1. The van der Waals surface area contributed by atoms with Gasteiger partial charge in [-0.2, -0.15) is 0 Å². The lowest BCUT2D eigenvalue weighted by Crippen LogP contribution is -2.69. The molecule has 0 bridgehead atoms. The number of aliphatic hydroxyl groups is 2. The lowest BCUT2D eigenvalue weighted by molar-refractivity contribution is -0.253. The number of rotatable bonds is 18. The predicted molar refractivity (Wildman–Crippen MR) is 203 cm³/mol. The fourth-order valence-corrected chi connectivity index (χ4v) is 8.11. The molecule has 6 atom stereocenters. The number of allylic oxidation sites excluding steroid dienone is 1. The number of benzene rings is 2. The van der Waals surface area contributed by atoms with E-state index in [0.29, 0.717) is 30.9 Å². The number of aliphatic hydroxyl groups excluding tert-OH is 2. The van der Waals surface area contributed by atoms with Crippen LogP contribution < -0.4 is 4.74 Å². The molecule has 3 N–H and O–H groups in total. The van der Waals surface area contributed by atoms with E-state index in [1.54, 1.807) is 36.2 Å². The summed E-state index contributed by atoms with van der Waals surface area (Å²) >= 11 is 0. The van der Waals surface area contributed by atoms with Gasteiger partial charge in [0.2, 0.25) is 5.79 Å². The van der Waals surface area contributed by atoms with Crippen LogP contribution in [0, 0.1) is 17.8 Å². The Morgan fingerprint density at radius 3 is 2.49 bits per heavy atom. The number of fused-ring (bicyclic) bond motifs is 2. The number of ether oxygens (including phenoxy) is 4. The van der Waals surface area contributed by atoms with Crippen LogP contribution in [-0.2, 0) is 25.7 Å². The number of carbonyl (C=O) groups excluding carboxylic acids is 1. The summed E-state index contributed by atoms with van der Waals surface area (Å²) in [7, 11) is 1.69. The van der Waals surface area contributed by atoms with Crippen LogP contribution in [0.2, 0.25) is 0 Å². The lowest BCUT2D eigenvalue weighted by atomic mass is 9.55. The van der Waals surface area contributed by atoms with Crippen molar-refractivity contribution in [1.82, 2.24) is 4.90 Å². The fraction of sp³-hybridized carbons (Fsp3) is 0.571. The van der Waals surface area contributed by atoms with Crippen molar-refractivity contribution in [3.63, 3.8) is 0 Å². The third-order valence-corrected chi connectivity index (χ3v) is 10.4. The monoisotopic (exact) mass is 734 g/mol. The Bertz CT molecular complexity index is 1570. The van der Waals surface area contributed by atoms with E-state index in [2.05, 4.69) is 12.7 Å². The van der Waals surface area contributed by atoms with E-state index in [4.69, 9.17) is 28.9 Å². The number of nitrogens with zero attached hydrogens (tertiary/aromatic N) is 2. The normalized spacial score (nSPS) is 25.4. The standard InChI is InChI=1S/C42H58N2O9/c1-6-22-51-42-37(44(5)40(48)50-24-23-49-28-29-14-8-7-9-15-29)27-35(43-53-41(2,3)4)33-25-30(16-10-12-20-45)32(17-11-13-21-46)38(39(33)42)34-26-31(47)18-19-36(34)52-42/h6-9,14-15,18-19,25-26,30,32,37-39,45-47H,1,10-13,16-17,20-24,27-28H2,2-5H3/t30-,32+,37-,38+,39+,42+/m0/s1. The minimum Gasteiger partial charge on any atom is -0.508 e. The zero-order valence-corrected chi connectivity index (χ0v) is 31.7. The van der Waals surface area contributed by atoms with Gasteiger partial charge >= 0.3 is 6.09 Å². The Labute approximate surface area is 314 Å². The zero-order chi connectivity index (χ0) is 38.0. The summed E-state index contributed by atoms with van der Waals surface area (Å²) < 4.78 is 25.4. The van der Waals surface area contributed by atoms with Crippen molar-refractivity contribution in [2.45, 2.75) is 95.7 Å². The summed E-state index contributed by atoms with van der Waals surface area (Å²) in [5, 5.41) is 35.1.